The van der Waals surface area contributed by atoms with Gasteiger partial charge in [0.15, 0.2) is 0 Å². The molecule has 0 bridgehead atoms. The Hall–Kier alpha value is -0.980. The Balaban J connectivity index is 2.18. The summed E-state index contributed by atoms with van der Waals surface area (Å²) >= 11 is 5.07. The summed E-state index contributed by atoms with van der Waals surface area (Å²) in [5, 5.41) is 10.9. The highest BCUT2D eigenvalue weighted by Crippen LogP contribution is 2.29. The largest absolute Gasteiger partial charge is 0.395 e. The molecule has 2 heterocycles. The van der Waals surface area contributed by atoms with Crippen molar-refractivity contribution in [2.24, 2.45) is 0 Å². The summed E-state index contributed by atoms with van der Waals surface area (Å²) < 4.78 is 1.07. The fraction of sp³-hybridized carbons (Fsp3) is 0.273. The second-order valence-corrected chi connectivity index (χ2v) is 5.37. The van der Waals surface area contributed by atoms with Crippen molar-refractivity contribution in [1.29, 1.82) is 0 Å². The van der Waals surface area contributed by atoms with E-state index in [0.29, 0.717) is 12.5 Å². The second kappa shape index (κ2) is 5.57. The van der Waals surface area contributed by atoms with Crippen LogP contribution in [0, 0.1) is 0 Å². The van der Waals surface area contributed by atoms with Crippen molar-refractivity contribution < 1.29 is 5.11 Å². The fourth-order valence-electron chi connectivity index (χ4n) is 1.36. The van der Waals surface area contributed by atoms with Gasteiger partial charge in [-0.1, -0.05) is 0 Å². The van der Waals surface area contributed by atoms with Crippen molar-refractivity contribution in [2.75, 3.05) is 25.1 Å². The Labute approximate surface area is 112 Å². The Morgan fingerprint density at radius 3 is 2.65 bits per heavy atom. The van der Waals surface area contributed by atoms with Crippen molar-refractivity contribution in [3.63, 3.8) is 0 Å². The van der Waals surface area contributed by atoms with Crippen LogP contribution in [-0.4, -0.2) is 35.3 Å². The van der Waals surface area contributed by atoms with Crippen LogP contribution in [0.4, 0.5) is 5.95 Å². The van der Waals surface area contributed by atoms with Gasteiger partial charge in [0.25, 0.3) is 0 Å². The van der Waals surface area contributed by atoms with Crippen LogP contribution in [0.2, 0.25) is 0 Å². The van der Waals surface area contributed by atoms with Crippen LogP contribution in [0.5, 0.6) is 0 Å². The maximum atomic E-state index is 8.83. The first-order chi connectivity index (χ1) is 8.20. The Bertz CT molecular complexity index is 486. The van der Waals surface area contributed by atoms with E-state index in [4.69, 9.17) is 5.11 Å². The van der Waals surface area contributed by atoms with Crippen LogP contribution >= 0.6 is 27.3 Å². The summed E-state index contributed by atoms with van der Waals surface area (Å²) in [5.74, 6) is 0.624. The maximum Gasteiger partial charge on any atom is 0.225 e. The predicted molar refractivity (Wildman–Crippen MR) is 73.4 cm³/mol. The molecule has 1 N–H and O–H groups in total. The number of hydrogen-bond donors (Lipinski definition) is 1. The standard InChI is InChI=1S/C11H12BrN3OS/c1-15(2-3-16)11-13-5-8(6-14-11)10-4-9(12)7-17-10/h4-7,16H,2-3H2,1H3. The van der Waals surface area contributed by atoms with Crippen LogP contribution in [0.15, 0.2) is 28.3 Å². The monoisotopic (exact) mass is 313 g/mol. The molecule has 0 atom stereocenters. The van der Waals surface area contributed by atoms with Crippen molar-refractivity contribution >= 4 is 33.2 Å². The van der Waals surface area contributed by atoms with Gasteiger partial charge in [-0.25, -0.2) is 9.97 Å². The molecule has 0 saturated heterocycles. The van der Waals surface area contributed by atoms with Crippen LogP contribution in [-0.2, 0) is 0 Å². The number of thiophene rings is 1. The molecule has 0 radical (unpaired) electrons. The average molecular weight is 314 g/mol. The maximum absolute atomic E-state index is 8.83. The van der Waals surface area contributed by atoms with E-state index in [0.717, 1.165) is 14.9 Å². The molecular weight excluding hydrogens is 302 g/mol. The molecule has 0 aromatic carbocycles. The second-order valence-electron chi connectivity index (χ2n) is 3.55. The molecule has 2 aromatic rings. The van der Waals surface area contributed by atoms with E-state index in [1.54, 1.807) is 23.7 Å². The van der Waals surface area contributed by atoms with Crippen molar-refractivity contribution in [2.45, 2.75) is 0 Å². The fourth-order valence-corrected chi connectivity index (χ4v) is 2.76. The highest BCUT2D eigenvalue weighted by molar-refractivity contribution is 9.10. The lowest BCUT2D eigenvalue weighted by atomic mass is 10.3. The van der Waals surface area contributed by atoms with E-state index in [-0.39, 0.29) is 6.61 Å². The molecule has 4 nitrogen and oxygen atoms in total. The number of anilines is 1. The van der Waals surface area contributed by atoms with Crippen molar-refractivity contribution in [3.05, 3.63) is 28.3 Å². The van der Waals surface area contributed by atoms with E-state index in [1.807, 2.05) is 23.4 Å². The number of nitrogens with zero attached hydrogens (tertiary/aromatic N) is 3. The average Bonchev–Trinajstić information content (AvgIpc) is 2.76. The van der Waals surface area contributed by atoms with Crippen LogP contribution in [0.1, 0.15) is 0 Å². The number of aromatic nitrogens is 2. The molecule has 0 aliphatic carbocycles. The summed E-state index contributed by atoms with van der Waals surface area (Å²) in [6.45, 7) is 0.628. The first-order valence-corrected chi connectivity index (χ1v) is 6.76. The van der Waals surface area contributed by atoms with Gasteiger partial charge in [0.1, 0.15) is 0 Å². The summed E-state index contributed by atoms with van der Waals surface area (Å²) in [4.78, 5) is 11.5. The normalized spacial score (nSPS) is 10.5. The van der Waals surface area contributed by atoms with Gasteiger partial charge in [-0.05, 0) is 22.0 Å². The van der Waals surface area contributed by atoms with Gasteiger partial charge in [-0.2, -0.15) is 0 Å². The summed E-state index contributed by atoms with van der Waals surface area (Å²) in [5.41, 5.74) is 1.00. The molecule has 0 spiro atoms. The van der Waals surface area contributed by atoms with Gasteiger partial charge in [-0.15, -0.1) is 11.3 Å². The van der Waals surface area contributed by atoms with Gasteiger partial charge in [-0.3, -0.25) is 0 Å². The Kier molecular flexibility index (Phi) is 4.09. The zero-order valence-electron chi connectivity index (χ0n) is 9.30. The van der Waals surface area contributed by atoms with Crippen molar-refractivity contribution in [1.82, 2.24) is 9.97 Å². The smallest absolute Gasteiger partial charge is 0.225 e. The van der Waals surface area contributed by atoms with Gasteiger partial charge in [0.05, 0.1) is 6.61 Å². The van der Waals surface area contributed by atoms with E-state index in [1.165, 1.54) is 0 Å². The molecule has 90 valence electrons. The summed E-state index contributed by atoms with van der Waals surface area (Å²) in [6.07, 6.45) is 3.60. The quantitative estimate of drug-likeness (QED) is 0.941. The van der Waals surface area contributed by atoms with E-state index in [2.05, 4.69) is 25.9 Å². The lowest BCUT2D eigenvalue weighted by molar-refractivity contribution is 0.303. The molecule has 17 heavy (non-hydrogen) atoms. The van der Waals surface area contributed by atoms with Crippen LogP contribution in [0.3, 0.4) is 0 Å². The lowest BCUT2D eigenvalue weighted by Crippen LogP contribution is -2.23. The topological polar surface area (TPSA) is 49.2 Å². The molecule has 2 aromatic heterocycles. The molecule has 0 fully saturated rings. The van der Waals surface area contributed by atoms with Gasteiger partial charge < -0.3 is 10.0 Å². The SMILES string of the molecule is CN(CCO)c1ncc(-c2cc(Br)cs2)cn1. The van der Waals surface area contributed by atoms with Crippen LogP contribution in [0.25, 0.3) is 10.4 Å². The minimum Gasteiger partial charge on any atom is -0.395 e. The van der Waals surface area contributed by atoms with Crippen LogP contribution < -0.4 is 4.90 Å². The first kappa shape index (κ1) is 12.5. The summed E-state index contributed by atoms with van der Waals surface area (Å²) in [7, 11) is 1.85. The predicted octanol–water partition coefficient (Wildman–Crippen LogP) is 2.40. The zero-order valence-corrected chi connectivity index (χ0v) is 11.7. The molecule has 0 aliphatic heterocycles. The summed E-state index contributed by atoms with van der Waals surface area (Å²) in [6, 6.07) is 2.04. The number of likely N-dealkylation sites (N-methyl/N-ethyl adjacent to an activating group) is 1. The lowest BCUT2D eigenvalue weighted by Gasteiger charge is -2.14. The first-order valence-electron chi connectivity index (χ1n) is 5.09. The number of halogens is 1. The Morgan fingerprint density at radius 1 is 1.41 bits per heavy atom. The van der Waals surface area contributed by atoms with E-state index < -0.39 is 0 Å². The van der Waals surface area contributed by atoms with Crippen molar-refractivity contribution in [3.8, 4) is 10.4 Å². The van der Waals surface area contributed by atoms with E-state index >= 15 is 0 Å². The third-order valence-corrected chi connectivity index (χ3v) is 4.01. The number of aliphatic hydroxyl groups is 1. The minimum atomic E-state index is 0.0967. The van der Waals surface area contributed by atoms with Gasteiger partial charge in [0.2, 0.25) is 5.95 Å². The van der Waals surface area contributed by atoms with Gasteiger partial charge >= 0.3 is 0 Å². The molecule has 0 saturated carbocycles. The number of hydrogen-bond acceptors (Lipinski definition) is 5. The number of aliphatic hydroxyl groups excluding tert-OH is 1. The molecule has 2 rings (SSSR count). The minimum absolute atomic E-state index is 0.0967. The highest BCUT2D eigenvalue weighted by atomic mass is 79.9. The third-order valence-electron chi connectivity index (χ3n) is 2.27. The molecule has 0 aliphatic rings. The molecule has 0 amide bonds. The zero-order chi connectivity index (χ0) is 12.3. The van der Waals surface area contributed by atoms with E-state index in [9.17, 15) is 0 Å². The Morgan fingerprint density at radius 2 is 2.12 bits per heavy atom. The van der Waals surface area contributed by atoms with Gasteiger partial charge in [0, 0.05) is 46.3 Å². The molecule has 6 heteroatoms. The highest BCUT2D eigenvalue weighted by Gasteiger charge is 2.06. The number of rotatable bonds is 4. The molecule has 0 unspecified atom stereocenters. The third kappa shape index (κ3) is 3.02. The molecular formula is C11H12BrN3OS.